The Bertz CT molecular complexity index is 597. The first kappa shape index (κ1) is 10.3. The zero-order valence-corrected chi connectivity index (χ0v) is 9.68. The Labute approximate surface area is 98.9 Å². The molecule has 88 valence electrons. The van der Waals surface area contributed by atoms with E-state index in [1.807, 2.05) is 25.3 Å². The zero-order valence-electron chi connectivity index (χ0n) is 9.68. The van der Waals surface area contributed by atoms with Crippen molar-refractivity contribution in [2.45, 2.75) is 32.1 Å². The largest absolute Gasteiger partial charge is 0.481 e. The molecule has 2 aromatic rings. The molecule has 2 aromatic heterocycles. The minimum Gasteiger partial charge on any atom is -0.481 e. The van der Waals surface area contributed by atoms with E-state index in [0.717, 1.165) is 22.6 Å². The number of carbonyl (C=O) groups is 1. The molecule has 1 fully saturated rings. The van der Waals surface area contributed by atoms with Crippen molar-refractivity contribution in [2.24, 2.45) is 0 Å². The van der Waals surface area contributed by atoms with Gasteiger partial charge in [0.2, 0.25) is 0 Å². The molecule has 2 heterocycles. The summed E-state index contributed by atoms with van der Waals surface area (Å²) in [5, 5.41) is 8.92. The summed E-state index contributed by atoms with van der Waals surface area (Å²) in [6, 6.07) is 3.77. The fourth-order valence-electron chi connectivity index (χ4n) is 2.36. The van der Waals surface area contributed by atoms with Gasteiger partial charge in [-0.25, -0.2) is 4.98 Å². The van der Waals surface area contributed by atoms with Crippen LogP contribution in [-0.4, -0.2) is 20.5 Å². The molecule has 3 rings (SSSR count). The van der Waals surface area contributed by atoms with Crippen LogP contribution >= 0.6 is 0 Å². The lowest BCUT2D eigenvalue weighted by Gasteiger charge is -2.03. The van der Waals surface area contributed by atoms with Crippen LogP contribution in [0.4, 0.5) is 0 Å². The van der Waals surface area contributed by atoms with Gasteiger partial charge in [-0.2, -0.15) is 0 Å². The van der Waals surface area contributed by atoms with Crippen LogP contribution in [0.3, 0.4) is 0 Å². The lowest BCUT2D eigenvalue weighted by Crippen LogP contribution is -2.02. The maximum atomic E-state index is 10.8. The molecule has 0 spiro atoms. The fourth-order valence-corrected chi connectivity index (χ4v) is 2.36. The number of aryl methyl sites for hydroxylation is 1. The molecule has 0 amide bonds. The number of hydrogen-bond acceptors (Lipinski definition) is 2. The number of carboxylic acid groups (broad SMARTS) is 1. The molecular formula is C13H14N2O2. The van der Waals surface area contributed by atoms with Gasteiger partial charge in [-0.05, 0) is 31.4 Å². The monoisotopic (exact) mass is 230 g/mol. The smallest absolute Gasteiger partial charge is 0.307 e. The number of pyridine rings is 1. The molecule has 0 saturated heterocycles. The van der Waals surface area contributed by atoms with Crippen LogP contribution in [0.1, 0.15) is 35.8 Å². The summed E-state index contributed by atoms with van der Waals surface area (Å²) in [7, 11) is 0. The number of aliphatic carboxylic acids is 1. The molecule has 0 aliphatic heterocycles. The molecule has 0 atom stereocenters. The van der Waals surface area contributed by atoms with Gasteiger partial charge in [0.1, 0.15) is 5.82 Å². The summed E-state index contributed by atoms with van der Waals surface area (Å²) >= 11 is 0. The van der Waals surface area contributed by atoms with Gasteiger partial charge in [0.05, 0.1) is 17.6 Å². The molecule has 1 aliphatic rings. The van der Waals surface area contributed by atoms with Crippen molar-refractivity contribution in [3.05, 3.63) is 35.4 Å². The van der Waals surface area contributed by atoms with Gasteiger partial charge in [-0.3, -0.25) is 4.79 Å². The Balaban J connectivity index is 2.20. The molecule has 0 bridgehead atoms. The van der Waals surface area contributed by atoms with E-state index in [0.29, 0.717) is 5.92 Å². The molecule has 17 heavy (non-hydrogen) atoms. The van der Waals surface area contributed by atoms with E-state index in [1.165, 1.54) is 12.8 Å². The fraction of sp³-hybridized carbons (Fsp3) is 0.385. The molecule has 0 unspecified atom stereocenters. The summed E-state index contributed by atoms with van der Waals surface area (Å²) in [4.78, 5) is 15.4. The first-order valence-electron chi connectivity index (χ1n) is 5.85. The average molecular weight is 230 g/mol. The third kappa shape index (κ3) is 1.69. The van der Waals surface area contributed by atoms with E-state index in [4.69, 9.17) is 5.11 Å². The van der Waals surface area contributed by atoms with Gasteiger partial charge in [0.15, 0.2) is 0 Å². The Morgan fingerprint density at radius 3 is 3.00 bits per heavy atom. The van der Waals surface area contributed by atoms with Gasteiger partial charge < -0.3 is 9.51 Å². The van der Waals surface area contributed by atoms with Crippen molar-refractivity contribution in [2.75, 3.05) is 0 Å². The minimum absolute atomic E-state index is 0.0565. The van der Waals surface area contributed by atoms with Crippen LogP contribution in [0, 0.1) is 6.92 Å². The summed E-state index contributed by atoms with van der Waals surface area (Å²) in [6.07, 6.45) is 4.43. The molecular weight excluding hydrogens is 216 g/mol. The number of nitrogens with zero attached hydrogens (tertiary/aromatic N) is 2. The third-order valence-corrected chi connectivity index (χ3v) is 3.23. The lowest BCUT2D eigenvalue weighted by molar-refractivity contribution is -0.136. The average Bonchev–Trinajstić information content (AvgIpc) is 3.04. The first-order chi connectivity index (χ1) is 8.16. The highest BCUT2D eigenvalue weighted by Gasteiger charge is 2.29. The summed E-state index contributed by atoms with van der Waals surface area (Å²) in [5.41, 5.74) is 2.75. The van der Waals surface area contributed by atoms with Crippen LogP contribution in [0.2, 0.25) is 0 Å². The lowest BCUT2D eigenvalue weighted by atomic mass is 10.1. The summed E-state index contributed by atoms with van der Waals surface area (Å²) in [5.74, 6) is 0.854. The summed E-state index contributed by atoms with van der Waals surface area (Å²) < 4.78 is 2.06. The SMILES string of the molecule is Cc1nc(C2CC2)n2cccc(CC(=O)O)c12. The van der Waals surface area contributed by atoms with Crippen molar-refractivity contribution in [3.8, 4) is 0 Å². The van der Waals surface area contributed by atoms with Crippen LogP contribution in [0.5, 0.6) is 0 Å². The van der Waals surface area contributed by atoms with Crippen LogP contribution < -0.4 is 0 Å². The molecule has 1 N–H and O–H groups in total. The maximum absolute atomic E-state index is 10.8. The highest BCUT2D eigenvalue weighted by Crippen LogP contribution is 2.40. The predicted octanol–water partition coefficient (Wildman–Crippen LogP) is 2.15. The van der Waals surface area contributed by atoms with Crippen molar-refractivity contribution < 1.29 is 9.90 Å². The van der Waals surface area contributed by atoms with Crippen LogP contribution in [0.25, 0.3) is 5.52 Å². The topological polar surface area (TPSA) is 54.6 Å². The molecule has 1 aliphatic carbocycles. The zero-order chi connectivity index (χ0) is 12.0. The number of aromatic nitrogens is 2. The van der Waals surface area contributed by atoms with Gasteiger partial charge in [-0.15, -0.1) is 0 Å². The van der Waals surface area contributed by atoms with Gasteiger partial charge in [-0.1, -0.05) is 6.07 Å². The van der Waals surface area contributed by atoms with E-state index in [1.54, 1.807) is 0 Å². The second-order valence-electron chi connectivity index (χ2n) is 4.65. The molecule has 4 nitrogen and oxygen atoms in total. The third-order valence-electron chi connectivity index (χ3n) is 3.23. The first-order valence-corrected chi connectivity index (χ1v) is 5.85. The second-order valence-corrected chi connectivity index (χ2v) is 4.65. The van der Waals surface area contributed by atoms with Crippen molar-refractivity contribution in [3.63, 3.8) is 0 Å². The molecule has 0 radical (unpaired) electrons. The quantitative estimate of drug-likeness (QED) is 0.879. The van der Waals surface area contributed by atoms with E-state index in [2.05, 4.69) is 9.38 Å². The minimum atomic E-state index is -0.799. The Kier molecular flexibility index (Phi) is 2.18. The second kappa shape index (κ2) is 3.58. The number of rotatable bonds is 3. The maximum Gasteiger partial charge on any atom is 0.307 e. The van der Waals surface area contributed by atoms with E-state index in [9.17, 15) is 4.79 Å². The molecule has 1 saturated carbocycles. The number of hydrogen-bond donors (Lipinski definition) is 1. The van der Waals surface area contributed by atoms with Crippen molar-refractivity contribution >= 4 is 11.5 Å². The van der Waals surface area contributed by atoms with Gasteiger partial charge >= 0.3 is 5.97 Å². The Hall–Kier alpha value is -1.84. The summed E-state index contributed by atoms with van der Waals surface area (Å²) in [6.45, 7) is 1.95. The highest BCUT2D eigenvalue weighted by atomic mass is 16.4. The van der Waals surface area contributed by atoms with Crippen LogP contribution in [-0.2, 0) is 11.2 Å². The Morgan fingerprint density at radius 2 is 2.35 bits per heavy atom. The number of carboxylic acids is 1. The van der Waals surface area contributed by atoms with E-state index in [-0.39, 0.29) is 6.42 Å². The number of fused-ring (bicyclic) bond motifs is 1. The standard InChI is InChI=1S/C13H14N2O2/c1-8-12-10(7-11(16)17)3-2-6-15(12)13(14-8)9-4-5-9/h2-3,6,9H,4-5,7H2,1H3,(H,16,17). The van der Waals surface area contributed by atoms with Gasteiger partial charge in [0.25, 0.3) is 0 Å². The van der Waals surface area contributed by atoms with Crippen molar-refractivity contribution in [1.29, 1.82) is 0 Å². The molecule has 0 aromatic carbocycles. The predicted molar refractivity (Wildman–Crippen MR) is 63.2 cm³/mol. The Morgan fingerprint density at radius 1 is 1.59 bits per heavy atom. The van der Waals surface area contributed by atoms with Crippen molar-refractivity contribution in [1.82, 2.24) is 9.38 Å². The van der Waals surface area contributed by atoms with E-state index >= 15 is 0 Å². The van der Waals surface area contributed by atoms with Crippen LogP contribution in [0.15, 0.2) is 18.3 Å². The normalized spacial score (nSPS) is 15.4. The molecule has 4 heteroatoms. The van der Waals surface area contributed by atoms with E-state index < -0.39 is 5.97 Å². The highest BCUT2D eigenvalue weighted by molar-refractivity contribution is 5.75. The van der Waals surface area contributed by atoms with Gasteiger partial charge in [0, 0.05) is 12.1 Å². The number of imidazole rings is 1.